The van der Waals surface area contributed by atoms with Gasteiger partial charge in [0.2, 0.25) is 0 Å². The van der Waals surface area contributed by atoms with E-state index in [-0.39, 0.29) is 36.4 Å². The van der Waals surface area contributed by atoms with Gasteiger partial charge in [0.15, 0.2) is 12.6 Å². The molecule has 8 nitrogen and oxygen atoms in total. The van der Waals surface area contributed by atoms with E-state index >= 15 is 8.78 Å². The standard InChI is InChI=1S/C33H34F2N4O4/c1-3-23-26(34)7-6-21-11-22(43-18-41-2)12-24(27(21)23)29-28(35)30-25(13-36-29)31(39-14-19-4-5-20(10-19)15-39)38-32(37-30)42-17-33(16-40)8-9-33/h6-7,11-13,16,19-20H,3-5,8-10,14-15,17-18H2,1-2H3. The molecule has 224 valence electrons. The highest BCUT2D eigenvalue weighted by molar-refractivity contribution is 6.01. The summed E-state index contributed by atoms with van der Waals surface area (Å²) in [4.78, 5) is 27.7. The molecule has 10 heteroatoms. The Morgan fingerprint density at radius 1 is 1.09 bits per heavy atom. The van der Waals surface area contributed by atoms with E-state index in [9.17, 15) is 4.79 Å². The van der Waals surface area contributed by atoms with Crippen molar-refractivity contribution >= 4 is 33.8 Å². The molecule has 3 fully saturated rings. The highest BCUT2D eigenvalue weighted by Gasteiger charge is 2.44. The molecule has 1 saturated heterocycles. The summed E-state index contributed by atoms with van der Waals surface area (Å²) in [7, 11) is 1.52. The van der Waals surface area contributed by atoms with E-state index in [1.807, 2.05) is 6.92 Å². The maximum atomic E-state index is 16.8. The predicted octanol–water partition coefficient (Wildman–Crippen LogP) is 6.26. The minimum absolute atomic E-state index is 0.00219. The first-order valence-electron chi connectivity index (χ1n) is 15.0. The summed E-state index contributed by atoms with van der Waals surface area (Å²) >= 11 is 0. The molecule has 0 amide bonds. The number of hydrogen-bond acceptors (Lipinski definition) is 8. The van der Waals surface area contributed by atoms with Crippen LogP contribution in [0.25, 0.3) is 32.9 Å². The highest BCUT2D eigenvalue weighted by atomic mass is 19.1. The second-order valence-electron chi connectivity index (χ2n) is 12.2. The number of piperidine rings is 1. The zero-order valence-electron chi connectivity index (χ0n) is 24.4. The van der Waals surface area contributed by atoms with Crippen LogP contribution in [0.4, 0.5) is 14.6 Å². The zero-order chi connectivity index (χ0) is 29.7. The molecule has 2 unspecified atom stereocenters. The molecule has 2 aliphatic carbocycles. The van der Waals surface area contributed by atoms with Gasteiger partial charge in [-0.1, -0.05) is 13.0 Å². The third-order valence-corrected chi connectivity index (χ3v) is 9.27. The number of benzene rings is 2. The van der Waals surface area contributed by atoms with Gasteiger partial charge in [-0.2, -0.15) is 9.97 Å². The Morgan fingerprint density at radius 3 is 2.58 bits per heavy atom. The number of anilines is 1. The molecule has 1 aliphatic heterocycles. The van der Waals surface area contributed by atoms with Gasteiger partial charge < -0.3 is 23.9 Å². The minimum atomic E-state index is -0.654. The number of pyridine rings is 1. The molecular formula is C33H34F2N4O4. The molecule has 3 aliphatic rings. The molecular weight excluding hydrogens is 554 g/mol. The maximum absolute atomic E-state index is 16.8. The van der Waals surface area contributed by atoms with E-state index in [2.05, 4.69) is 14.9 Å². The van der Waals surface area contributed by atoms with E-state index in [0.29, 0.717) is 57.1 Å². The van der Waals surface area contributed by atoms with Gasteiger partial charge in [-0.25, -0.2) is 8.78 Å². The van der Waals surface area contributed by atoms with Gasteiger partial charge in [-0.05, 0) is 84.9 Å². The number of carbonyl (C=O) groups excluding carboxylic acids is 1. The fraction of sp³-hybridized carbons (Fsp3) is 0.455. The number of rotatable bonds is 10. The lowest BCUT2D eigenvalue weighted by Gasteiger charge is -2.33. The number of halogens is 2. The lowest BCUT2D eigenvalue weighted by molar-refractivity contribution is -0.113. The third-order valence-electron chi connectivity index (χ3n) is 9.27. The number of nitrogens with zero attached hydrogens (tertiary/aromatic N) is 4. The van der Waals surface area contributed by atoms with Crippen molar-refractivity contribution in [1.29, 1.82) is 0 Å². The van der Waals surface area contributed by atoms with Crippen LogP contribution in [0, 0.1) is 28.9 Å². The van der Waals surface area contributed by atoms with E-state index in [1.54, 1.807) is 24.4 Å². The molecule has 7 rings (SSSR count). The van der Waals surface area contributed by atoms with Crippen molar-refractivity contribution in [2.45, 2.75) is 45.4 Å². The Kier molecular flexibility index (Phi) is 7.12. The number of aldehydes is 1. The molecule has 2 aromatic carbocycles. The van der Waals surface area contributed by atoms with E-state index in [4.69, 9.17) is 19.2 Å². The van der Waals surface area contributed by atoms with Crippen LogP contribution in [-0.4, -0.2) is 54.8 Å². The minimum Gasteiger partial charge on any atom is -0.468 e. The number of ether oxygens (including phenoxy) is 3. The molecule has 3 heterocycles. The SMILES string of the molecule is CCc1c(F)ccc2cc(OCOC)cc(-c3ncc4c(N5CC6CCC(C6)C5)nc(OCC5(C=O)CC5)nc4c3F)c12. The quantitative estimate of drug-likeness (QED) is 0.159. The summed E-state index contributed by atoms with van der Waals surface area (Å²) in [5, 5.41) is 1.75. The summed E-state index contributed by atoms with van der Waals surface area (Å²) in [5.41, 5.74) is 0.446. The van der Waals surface area contributed by atoms with E-state index in [0.717, 1.165) is 32.2 Å². The van der Waals surface area contributed by atoms with Crippen LogP contribution in [0.15, 0.2) is 30.5 Å². The first kappa shape index (κ1) is 27.9. The highest BCUT2D eigenvalue weighted by Crippen LogP contribution is 2.45. The second kappa shape index (κ2) is 11.0. The summed E-state index contributed by atoms with van der Waals surface area (Å²) in [6.07, 6.45) is 7.99. The summed E-state index contributed by atoms with van der Waals surface area (Å²) in [5.74, 6) is 1.15. The van der Waals surface area contributed by atoms with Crippen LogP contribution in [0.3, 0.4) is 0 Å². The van der Waals surface area contributed by atoms with Crippen molar-refractivity contribution in [2.24, 2.45) is 17.3 Å². The molecule has 0 N–H and O–H groups in total. The predicted molar refractivity (Wildman–Crippen MR) is 158 cm³/mol. The van der Waals surface area contributed by atoms with Gasteiger partial charge in [0.05, 0.1) is 10.8 Å². The Hall–Kier alpha value is -3.92. The largest absolute Gasteiger partial charge is 0.468 e. The monoisotopic (exact) mass is 588 g/mol. The van der Waals surface area contributed by atoms with Crippen LogP contribution in [0.1, 0.15) is 44.6 Å². The average Bonchev–Trinajstić information content (AvgIpc) is 3.74. The first-order valence-corrected chi connectivity index (χ1v) is 15.0. The van der Waals surface area contributed by atoms with Crippen molar-refractivity contribution in [2.75, 3.05) is 38.5 Å². The maximum Gasteiger partial charge on any atom is 0.319 e. The number of methoxy groups -OCH3 is 1. The number of aryl methyl sites for hydroxylation is 1. The van der Waals surface area contributed by atoms with E-state index < -0.39 is 11.2 Å². The summed E-state index contributed by atoms with van der Waals surface area (Å²) < 4.78 is 48.6. The molecule has 2 bridgehead atoms. The number of aromatic nitrogens is 3. The normalized spacial score (nSPS) is 20.5. The summed E-state index contributed by atoms with van der Waals surface area (Å²) in [6.45, 7) is 3.66. The summed E-state index contributed by atoms with van der Waals surface area (Å²) in [6, 6.07) is 6.55. The van der Waals surface area contributed by atoms with Gasteiger partial charge in [0, 0.05) is 32.0 Å². The smallest absolute Gasteiger partial charge is 0.319 e. The van der Waals surface area contributed by atoms with Gasteiger partial charge in [-0.15, -0.1) is 0 Å². The van der Waals surface area contributed by atoms with Crippen LogP contribution in [-0.2, 0) is 16.0 Å². The molecule has 2 aromatic heterocycles. The zero-order valence-corrected chi connectivity index (χ0v) is 24.4. The fourth-order valence-corrected chi connectivity index (χ4v) is 6.79. The van der Waals surface area contributed by atoms with Gasteiger partial charge in [-0.3, -0.25) is 4.98 Å². The molecule has 0 spiro atoms. The van der Waals surface area contributed by atoms with Gasteiger partial charge in [0.1, 0.15) is 41.5 Å². The van der Waals surface area contributed by atoms with Crippen molar-refractivity contribution in [3.05, 3.63) is 47.7 Å². The number of hydrogen-bond donors (Lipinski definition) is 0. The van der Waals surface area contributed by atoms with Crippen LogP contribution < -0.4 is 14.4 Å². The molecule has 0 radical (unpaired) electrons. The number of carbonyl (C=O) groups is 1. The van der Waals surface area contributed by atoms with Gasteiger partial charge >= 0.3 is 6.01 Å². The number of fused-ring (bicyclic) bond motifs is 4. The third kappa shape index (κ3) is 5.05. The Balaban J connectivity index is 1.41. The molecule has 43 heavy (non-hydrogen) atoms. The van der Waals surface area contributed by atoms with Crippen molar-refractivity contribution in [3.63, 3.8) is 0 Å². The van der Waals surface area contributed by atoms with Crippen LogP contribution in [0.5, 0.6) is 11.8 Å². The molecule has 2 atom stereocenters. The first-order chi connectivity index (χ1) is 20.9. The topological polar surface area (TPSA) is 86.7 Å². The Morgan fingerprint density at radius 2 is 1.88 bits per heavy atom. The lowest BCUT2D eigenvalue weighted by Crippen LogP contribution is -2.37. The van der Waals surface area contributed by atoms with Gasteiger partial charge in [0.25, 0.3) is 0 Å². The molecule has 4 aromatic rings. The Labute approximate surface area is 248 Å². The fourth-order valence-electron chi connectivity index (χ4n) is 6.79. The average molecular weight is 589 g/mol. The van der Waals surface area contributed by atoms with Crippen LogP contribution >= 0.6 is 0 Å². The lowest BCUT2D eigenvalue weighted by atomic mass is 9.94. The Bertz CT molecular complexity index is 1720. The van der Waals surface area contributed by atoms with Crippen molar-refractivity contribution in [3.8, 4) is 23.0 Å². The van der Waals surface area contributed by atoms with Crippen LogP contribution in [0.2, 0.25) is 0 Å². The van der Waals surface area contributed by atoms with Crippen molar-refractivity contribution < 1.29 is 27.8 Å². The van der Waals surface area contributed by atoms with Crippen molar-refractivity contribution in [1.82, 2.24) is 15.0 Å². The molecule has 2 saturated carbocycles. The second-order valence-corrected chi connectivity index (χ2v) is 12.2. The van der Waals surface area contributed by atoms with E-state index in [1.165, 1.54) is 32.4 Å².